The zero-order valence-corrected chi connectivity index (χ0v) is 15.5. The molecule has 1 aliphatic rings. The fourth-order valence-electron chi connectivity index (χ4n) is 2.63. The van der Waals surface area contributed by atoms with Crippen LogP contribution in [0.1, 0.15) is 36.5 Å². The Morgan fingerprint density at radius 1 is 1.45 bits per heavy atom. The predicted octanol–water partition coefficient (Wildman–Crippen LogP) is 3.32. The predicted molar refractivity (Wildman–Crippen MR) is 96.1 cm³/mol. The summed E-state index contributed by atoms with van der Waals surface area (Å²) in [5, 5.41) is 3.41. The number of nitrogens with one attached hydrogen (secondary N) is 1. The van der Waals surface area contributed by atoms with Crippen molar-refractivity contribution in [2.75, 3.05) is 19.6 Å². The minimum atomic E-state index is -0.166. The highest BCUT2D eigenvalue weighted by atomic mass is 127. The summed E-state index contributed by atoms with van der Waals surface area (Å²) < 4.78 is 0.804. The Morgan fingerprint density at radius 2 is 2.23 bits per heavy atom. The summed E-state index contributed by atoms with van der Waals surface area (Å²) in [5.74, 6) is 0.529. The lowest BCUT2D eigenvalue weighted by Gasteiger charge is -2.31. The van der Waals surface area contributed by atoms with Gasteiger partial charge in [-0.2, -0.15) is 0 Å². The van der Waals surface area contributed by atoms with Gasteiger partial charge in [-0.3, -0.25) is 9.59 Å². The Labute approximate surface area is 149 Å². The molecule has 0 spiro atoms. The van der Waals surface area contributed by atoms with Crippen molar-refractivity contribution in [2.45, 2.75) is 26.2 Å². The van der Waals surface area contributed by atoms with E-state index in [2.05, 4.69) is 34.8 Å². The maximum atomic E-state index is 12.1. The summed E-state index contributed by atoms with van der Waals surface area (Å²) in [4.78, 5) is 26.1. The van der Waals surface area contributed by atoms with Crippen molar-refractivity contribution >= 4 is 46.0 Å². The number of hydrogen-bond donors (Lipinski definition) is 1. The van der Waals surface area contributed by atoms with Crippen LogP contribution < -0.4 is 5.32 Å². The third-order valence-corrected chi connectivity index (χ3v) is 4.94. The van der Waals surface area contributed by atoms with Crippen LogP contribution >= 0.6 is 34.2 Å². The molecule has 1 saturated heterocycles. The van der Waals surface area contributed by atoms with E-state index in [4.69, 9.17) is 11.6 Å². The van der Waals surface area contributed by atoms with E-state index >= 15 is 0 Å². The van der Waals surface area contributed by atoms with Crippen LogP contribution in [0.5, 0.6) is 0 Å². The number of carbonyl (C=O) groups excluding carboxylic acids is 2. The minimum Gasteiger partial charge on any atom is -0.351 e. The molecular formula is C16H20ClIN2O2. The minimum absolute atomic E-state index is 0.123. The Kier molecular flexibility index (Phi) is 6.50. The molecule has 1 fully saturated rings. The smallest absolute Gasteiger partial charge is 0.252 e. The summed E-state index contributed by atoms with van der Waals surface area (Å²) >= 11 is 7.96. The lowest BCUT2D eigenvalue weighted by Crippen LogP contribution is -2.40. The molecule has 1 aromatic rings. The van der Waals surface area contributed by atoms with Gasteiger partial charge >= 0.3 is 0 Å². The first-order chi connectivity index (χ1) is 10.5. The Bertz CT molecular complexity index is 565. The Balaban J connectivity index is 1.80. The van der Waals surface area contributed by atoms with Crippen molar-refractivity contribution in [3.63, 3.8) is 0 Å². The fraction of sp³-hybridized carbons (Fsp3) is 0.500. The topological polar surface area (TPSA) is 49.4 Å². The average molecular weight is 435 g/mol. The number of nitrogens with zero attached hydrogens (tertiary/aromatic N) is 1. The van der Waals surface area contributed by atoms with Gasteiger partial charge in [0.15, 0.2) is 0 Å². The number of benzene rings is 1. The summed E-state index contributed by atoms with van der Waals surface area (Å²) in [5.41, 5.74) is 0.587. The summed E-state index contributed by atoms with van der Waals surface area (Å²) in [7, 11) is 0. The van der Waals surface area contributed by atoms with Crippen LogP contribution in [-0.2, 0) is 4.79 Å². The van der Waals surface area contributed by atoms with Crippen LogP contribution in [0.25, 0.3) is 0 Å². The largest absolute Gasteiger partial charge is 0.351 e. The normalized spacial score (nSPS) is 18.1. The fourth-order valence-corrected chi connectivity index (χ4v) is 3.74. The average Bonchev–Trinajstić information content (AvgIpc) is 2.46. The van der Waals surface area contributed by atoms with E-state index < -0.39 is 0 Å². The van der Waals surface area contributed by atoms with Gasteiger partial charge in [0.25, 0.3) is 5.91 Å². The van der Waals surface area contributed by atoms with Gasteiger partial charge < -0.3 is 10.2 Å². The summed E-state index contributed by atoms with van der Waals surface area (Å²) in [6.07, 6.45) is 2.61. The van der Waals surface area contributed by atoms with Crippen LogP contribution in [0.15, 0.2) is 18.2 Å². The van der Waals surface area contributed by atoms with Crippen LogP contribution in [0.3, 0.4) is 0 Å². The first-order valence-electron chi connectivity index (χ1n) is 7.48. The highest BCUT2D eigenvalue weighted by Gasteiger charge is 2.20. The molecule has 0 bridgehead atoms. The number of likely N-dealkylation sites (tertiary alicyclic amines) is 1. The zero-order valence-electron chi connectivity index (χ0n) is 12.6. The maximum absolute atomic E-state index is 12.1. The van der Waals surface area contributed by atoms with E-state index in [0.717, 1.165) is 23.1 Å². The summed E-state index contributed by atoms with van der Waals surface area (Å²) in [6.45, 7) is 4.21. The first kappa shape index (κ1) is 17.5. The molecule has 22 heavy (non-hydrogen) atoms. The second-order valence-corrected chi connectivity index (χ2v) is 7.32. The van der Waals surface area contributed by atoms with Crippen LogP contribution in [0, 0.1) is 9.49 Å². The van der Waals surface area contributed by atoms with Crippen molar-refractivity contribution in [1.29, 1.82) is 0 Å². The van der Waals surface area contributed by atoms with Crippen LogP contribution in [-0.4, -0.2) is 36.3 Å². The molecule has 1 unspecified atom stereocenters. The van der Waals surface area contributed by atoms with Gasteiger partial charge in [0.2, 0.25) is 5.91 Å². The van der Waals surface area contributed by atoms with Crippen molar-refractivity contribution in [3.05, 3.63) is 32.4 Å². The first-order valence-corrected chi connectivity index (χ1v) is 8.94. The zero-order chi connectivity index (χ0) is 16.1. The summed E-state index contributed by atoms with van der Waals surface area (Å²) in [6, 6.07) is 5.14. The lowest BCUT2D eigenvalue weighted by molar-refractivity contribution is -0.132. The maximum Gasteiger partial charge on any atom is 0.252 e. The van der Waals surface area contributed by atoms with Gasteiger partial charge in [0.1, 0.15) is 0 Å². The van der Waals surface area contributed by atoms with E-state index in [1.54, 1.807) is 18.2 Å². The van der Waals surface area contributed by atoms with Gasteiger partial charge in [-0.25, -0.2) is 0 Å². The van der Waals surface area contributed by atoms with E-state index in [1.165, 1.54) is 6.42 Å². The molecule has 0 aromatic heterocycles. The number of carbonyl (C=O) groups is 2. The third-order valence-electron chi connectivity index (χ3n) is 3.81. The molecule has 1 heterocycles. The monoisotopic (exact) mass is 434 g/mol. The highest BCUT2D eigenvalue weighted by Crippen LogP contribution is 2.18. The van der Waals surface area contributed by atoms with Gasteiger partial charge in [0.05, 0.1) is 5.56 Å². The van der Waals surface area contributed by atoms with E-state index in [0.29, 0.717) is 29.5 Å². The molecule has 1 aliphatic heterocycles. The molecule has 1 aromatic carbocycles. The van der Waals surface area contributed by atoms with Gasteiger partial charge in [0, 0.05) is 34.6 Å². The van der Waals surface area contributed by atoms with Crippen molar-refractivity contribution < 1.29 is 9.59 Å². The molecule has 0 saturated carbocycles. The molecule has 2 amide bonds. The molecule has 6 heteroatoms. The molecular weight excluding hydrogens is 415 g/mol. The third kappa shape index (κ3) is 4.84. The quantitative estimate of drug-likeness (QED) is 0.739. The van der Waals surface area contributed by atoms with Crippen molar-refractivity contribution in [1.82, 2.24) is 10.2 Å². The van der Waals surface area contributed by atoms with Crippen molar-refractivity contribution in [2.24, 2.45) is 5.92 Å². The molecule has 2 rings (SSSR count). The number of halogens is 2. The number of hydrogen-bond acceptors (Lipinski definition) is 2. The van der Waals surface area contributed by atoms with Gasteiger partial charge in [-0.1, -0.05) is 18.5 Å². The number of piperidine rings is 1. The molecule has 120 valence electrons. The van der Waals surface area contributed by atoms with Crippen LogP contribution in [0.2, 0.25) is 5.02 Å². The molecule has 4 nitrogen and oxygen atoms in total. The number of amides is 2. The lowest BCUT2D eigenvalue weighted by atomic mass is 10.00. The Morgan fingerprint density at radius 3 is 2.91 bits per heavy atom. The molecule has 1 N–H and O–H groups in total. The molecule has 0 radical (unpaired) electrons. The second kappa shape index (κ2) is 8.15. The highest BCUT2D eigenvalue weighted by molar-refractivity contribution is 14.1. The molecule has 1 atom stereocenters. The second-order valence-electron chi connectivity index (χ2n) is 5.72. The SMILES string of the molecule is CC1CCCN(C(=O)CCNC(=O)c2ccc(Cl)cc2I)C1. The number of rotatable bonds is 4. The van der Waals surface area contributed by atoms with Gasteiger partial charge in [-0.05, 0) is 59.5 Å². The van der Waals surface area contributed by atoms with Crippen LogP contribution in [0.4, 0.5) is 0 Å². The van der Waals surface area contributed by atoms with E-state index in [1.807, 2.05) is 4.90 Å². The Hall–Kier alpha value is -0.820. The van der Waals surface area contributed by atoms with Crippen molar-refractivity contribution in [3.8, 4) is 0 Å². The van der Waals surface area contributed by atoms with E-state index in [9.17, 15) is 9.59 Å². The standard InChI is InChI=1S/C16H20ClIN2O2/c1-11-3-2-8-20(10-11)15(21)6-7-19-16(22)13-5-4-12(17)9-14(13)18/h4-5,9,11H,2-3,6-8,10H2,1H3,(H,19,22). The molecule has 0 aliphatic carbocycles. The van der Waals surface area contributed by atoms with E-state index in [-0.39, 0.29) is 11.8 Å². The van der Waals surface area contributed by atoms with Gasteiger partial charge in [-0.15, -0.1) is 0 Å².